The molecule has 3 aliphatic carbocycles. The van der Waals surface area contributed by atoms with Gasteiger partial charge in [-0.2, -0.15) is 0 Å². The lowest BCUT2D eigenvalue weighted by atomic mass is 9.57. The number of hydrogen-bond donors (Lipinski definition) is 6. The molecule has 0 bridgehead atoms. The first-order valence-electron chi connectivity index (χ1n) is 13.8. The molecule has 4 aliphatic rings. The Balaban J connectivity index is 1.64. The lowest BCUT2D eigenvalue weighted by molar-refractivity contribution is -0.153. The van der Waals surface area contributed by atoms with Crippen molar-refractivity contribution in [2.45, 2.75) is 49.8 Å². The minimum Gasteiger partial charge on any atom is -0.508 e. The van der Waals surface area contributed by atoms with Crippen LogP contribution in [0.2, 0.25) is 0 Å². The molecule has 2 amide bonds. The average Bonchev–Trinajstić information content (AvgIpc) is 2.92. The topological polar surface area (TPSA) is 203 Å². The van der Waals surface area contributed by atoms with Crippen LogP contribution >= 0.6 is 0 Å². The van der Waals surface area contributed by atoms with E-state index in [4.69, 9.17) is 10.5 Å². The van der Waals surface area contributed by atoms with Crippen LogP contribution in [0.4, 0.5) is 5.69 Å². The molecule has 5 atom stereocenters. The molecule has 0 spiro atoms. The summed E-state index contributed by atoms with van der Waals surface area (Å²) in [5, 5.41) is 48.3. The Morgan fingerprint density at radius 3 is 2.48 bits per heavy atom. The Hall–Kier alpha value is -3.94. The summed E-state index contributed by atoms with van der Waals surface area (Å²) in [6.45, 7) is 0.747. The third kappa shape index (κ3) is 4.17. The molecule has 226 valence electrons. The van der Waals surface area contributed by atoms with Gasteiger partial charge in [-0.3, -0.25) is 29.0 Å². The maximum atomic E-state index is 14.0. The molecular formula is C29H36N4O9. The summed E-state index contributed by atoms with van der Waals surface area (Å²) in [5.41, 5.74) is 1.65. The highest BCUT2D eigenvalue weighted by atomic mass is 16.5. The van der Waals surface area contributed by atoms with E-state index in [9.17, 15) is 39.6 Å². The monoisotopic (exact) mass is 584 g/mol. The highest BCUT2D eigenvalue weighted by molar-refractivity contribution is 6.24. The molecule has 7 N–H and O–H groups in total. The van der Waals surface area contributed by atoms with Crippen molar-refractivity contribution >= 4 is 34.8 Å². The zero-order chi connectivity index (χ0) is 30.8. The van der Waals surface area contributed by atoms with Crippen molar-refractivity contribution in [3.63, 3.8) is 0 Å². The Morgan fingerprint density at radius 2 is 1.88 bits per heavy atom. The van der Waals surface area contributed by atoms with Crippen LogP contribution in [0.1, 0.15) is 36.8 Å². The summed E-state index contributed by atoms with van der Waals surface area (Å²) in [6.07, 6.45) is 2.52. The molecule has 1 unspecified atom stereocenters. The van der Waals surface area contributed by atoms with Gasteiger partial charge in [-0.25, -0.2) is 0 Å². The third-order valence-electron chi connectivity index (χ3n) is 9.23. The SMILES string of the molecule is COc1cc(NC(=O)C2CCCCN2C)c(O)c2c1C[C@H]1C[C@H]3[C@H](N(C)C)C(=O)C(C(N)=O)=C(O)[C@@]3(O)C(=O)C1=C2O. The number of nitrogens with zero attached hydrogens (tertiary/aromatic N) is 2. The summed E-state index contributed by atoms with van der Waals surface area (Å²) in [5.74, 6) is -7.56. The van der Waals surface area contributed by atoms with Gasteiger partial charge < -0.3 is 36.2 Å². The lowest BCUT2D eigenvalue weighted by Gasteiger charge is -2.50. The van der Waals surface area contributed by atoms with Crippen LogP contribution in [0.15, 0.2) is 23.0 Å². The van der Waals surface area contributed by atoms with E-state index in [0.717, 1.165) is 19.4 Å². The van der Waals surface area contributed by atoms with Gasteiger partial charge in [-0.15, -0.1) is 0 Å². The van der Waals surface area contributed by atoms with E-state index >= 15 is 0 Å². The summed E-state index contributed by atoms with van der Waals surface area (Å²) in [7, 11) is 6.31. The number of Topliss-reactive ketones (excluding diaryl/α,β-unsaturated/α-hetero) is 2. The maximum absolute atomic E-state index is 14.0. The summed E-state index contributed by atoms with van der Waals surface area (Å²) in [4.78, 5) is 55.9. The van der Waals surface area contributed by atoms with Crippen molar-refractivity contribution in [1.82, 2.24) is 9.80 Å². The molecule has 1 aromatic carbocycles. The van der Waals surface area contributed by atoms with Crippen LogP contribution < -0.4 is 15.8 Å². The number of aliphatic hydroxyl groups is 3. The van der Waals surface area contributed by atoms with E-state index in [1.54, 1.807) is 0 Å². The van der Waals surface area contributed by atoms with Gasteiger partial charge in [-0.1, -0.05) is 6.42 Å². The van der Waals surface area contributed by atoms with Crippen molar-refractivity contribution in [2.24, 2.45) is 17.6 Å². The molecule has 1 saturated heterocycles. The number of carbonyl (C=O) groups excluding carboxylic acids is 4. The molecule has 1 saturated carbocycles. The Kier molecular flexibility index (Phi) is 7.32. The minimum atomic E-state index is -2.73. The van der Waals surface area contributed by atoms with Gasteiger partial charge in [0.2, 0.25) is 11.7 Å². The first-order chi connectivity index (χ1) is 19.7. The molecule has 1 heterocycles. The number of aliphatic hydroxyl groups excluding tert-OH is 2. The van der Waals surface area contributed by atoms with Crippen molar-refractivity contribution in [1.29, 1.82) is 0 Å². The third-order valence-corrected chi connectivity index (χ3v) is 9.23. The van der Waals surface area contributed by atoms with Crippen LogP contribution in [-0.2, 0) is 25.6 Å². The number of primary amides is 1. The molecule has 1 aromatic rings. The summed E-state index contributed by atoms with van der Waals surface area (Å²) < 4.78 is 5.57. The van der Waals surface area contributed by atoms with Crippen LogP contribution in [0.5, 0.6) is 11.5 Å². The number of aromatic hydroxyl groups is 1. The van der Waals surface area contributed by atoms with Crippen molar-refractivity contribution < 1.29 is 44.3 Å². The fourth-order valence-electron chi connectivity index (χ4n) is 7.18. The number of carbonyl (C=O) groups is 4. The molecule has 0 radical (unpaired) electrons. The van der Waals surface area contributed by atoms with Crippen LogP contribution in [0.25, 0.3) is 5.76 Å². The molecule has 2 fully saturated rings. The minimum absolute atomic E-state index is 0.0327. The number of ketones is 2. The number of nitrogens with two attached hydrogens (primary N) is 1. The van der Waals surface area contributed by atoms with Gasteiger partial charge in [0.1, 0.15) is 22.8 Å². The van der Waals surface area contributed by atoms with Crippen molar-refractivity contribution in [3.8, 4) is 11.5 Å². The number of phenols is 1. The molecule has 5 rings (SSSR count). The number of amides is 2. The van der Waals surface area contributed by atoms with E-state index in [0.29, 0.717) is 12.0 Å². The van der Waals surface area contributed by atoms with E-state index < -0.39 is 69.8 Å². The van der Waals surface area contributed by atoms with Crippen LogP contribution in [-0.4, -0.2) is 106 Å². The molecule has 13 heteroatoms. The number of likely N-dealkylation sites (tertiary alicyclic amines) is 1. The van der Waals surface area contributed by atoms with E-state index in [-0.39, 0.29) is 41.3 Å². The fourth-order valence-corrected chi connectivity index (χ4v) is 7.18. The molecule has 0 aromatic heterocycles. The number of likely N-dealkylation sites (N-methyl/N-ethyl adjacent to an activating group) is 2. The molecule has 13 nitrogen and oxygen atoms in total. The van der Waals surface area contributed by atoms with Crippen molar-refractivity contribution in [2.75, 3.05) is 40.1 Å². The van der Waals surface area contributed by atoms with Gasteiger partial charge in [0.25, 0.3) is 5.91 Å². The molecule has 42 heavy (non-hydrogen) atoms. The number of methoxy groups -OCH3 is 1. The molecular weight excluding hydrogens is 548 g/mol. The van der Waals surface area contributed by atoms with Crippen molar-refractivity contribution in [3.05, 3.63) is 34.1 Å². The van der Waals surface area contributed by atoms with Gasteiger partial charge in [0.15, 0.2) is 17.1 Å². The Bertz CT molecular complexity index is 1470. The quantitative estimate of drug-likeness (QED) is 0.206. The first kappa shape index (κ1) is 29.5. The number of piperidine rings is 1. The highest BCUT2D eigenvalue weighted by Crippen LogP contribution is 2.54. The number of anilines is 1. The zero-order valence-electron chi connectivity index (χ0n) is 23.9. The van der Waals surface area contributed by atoms with Gasteiger partial charge in [-0.05, 0) is 59.3 Å². The number of nitrogens with one attached hydrogen (secondary N) is 1. The van der Waals surface area contributed by atoms with Gasteiger partial charge in [0.05, 0.1) is 30.4 Å². The standard InChI is InChI=1S/C29H36N4O9/c1-32(2)21-14-10-12-9-13-17(42-4)11-15(31-28(40)16-7-5-6-8-33(16)3)22(34)19(13)23(35)18(12)25(37)29(14,41)26(38)20(24(21)36)27(30)39/h11-12,14,16,21,34-35,38,41H,5-10H2,1-4H3,(H2,30,39)(H,31,40)/t12-,14-,16?,21-,29-/m0/s1. The van der Waals surface area contributed by atoms with Crippen LogP contribution in [0.3, 0.4) is 0 Å². The second-order valence-electron chi connectivity index (χ2n) is 11.8. The zero-order valence-corrected chi connectivity index (χ0v) is 23.9. The van der Waals surface area contributed by atoms with E-state index in [1.807, 2.05) is 11.9 Å². The second-order valence-corrected chi connectivity index (χ2v) is 11.8. The number of fused-ring (bicyclic) bond motifs is 3. The highest BCUT2D eigenvalue weighted by Gasteiger charge is 2.64. The van der Waals surface area contributed by atoms with Crippen LogP contribution in [0, 0.1) is 11.8 Å². The summed E-state index contributed by atoms with van der Waals surface area (Å²) >= 11 is 0. The number of benzene rings is 1. The number of phenolic OH excluding ortho intramolecular Hbond substituents is 1. The van der Waals surface area contributed by atoms with Gasteiger partial charge in [0, 0.05) is 23.1 Å². The lowest BCUT2D eigenvalue weighted by Crippen LogP contribution is -2.65. The smallest absolute Gasteiger partial charge is 0.255 e. The second kappa shape index (κ2) is 10.4. The predicted molar refractivity (Wildman–Crippen MR) is 150 cm³/mol. The van der Waals surface area contributed by atoms with E-state index in [2.05, 4.69) is 5.32 Å². The number of ether oxygens (including phenoxy) is 1. The van der Waals surface area contributed by atoms with Gasteiger partial charge >= 0.3 is 0 Å². The summed E-state index contributed by atoms with van der Waals surface area (Å²) in [6, 6.07) is -0.141. The number of rotatable bonds is 5. The van der Waals surface area contributed by atoms with E-state index in [1.165, 1.54) is 32.2 Å². The normalized spacial score (nSPS) is 29.7. The average molecular weight is 585 g/mol. The maximum Gasteiger partial charge on any atom is 0.255 e. The Labute approximate surface area is 242 Å². The molecule has 1 aliphatic heterocycles. The Morgan fingerprint density at radius 1 is 1.19 bits per heavy atom. The largest absolute Gasteiger partial charge is 0.508 e. The fraction of sp³-hybridized carbons (Fsp3) is 0.517. The number of hydrogen-bond acceptors (Lipinski definition) is 11. The predicted octanol–water partition coefficient (Wildman–Crippen LogP) is 0.395. The first-order valence-corrected chi connectivity index (χ1v) is 13.8.